The largest absolute Gasteiger partial charge is 0.370 e. The Hall–Kier alpha value is -2.17. The standard InChI is InChI=1S/C13H15N5/c14-13-17-11(9-4-7-15-8-5-9)10-3-1-2-6-16-12(10)18-13/h4-5,7-8H,1-3,6H2,(H3,14,16,17,18). The van der Waals surface area contributed by atoms with Crippen molar-refractivity contribution in [3.05, 3.63) is 30.1 Å². The minimum absolute atomic E-state index is 0.315. The van der Waals surface area contributed by atoms with Crippen LogP contribution >= 0.6 is 0 Å². The van der Waals surface area contributed by atoms with Crippen molar-refractivity contribution in [1.82, 2.24) is 15.0 Å². The molecule has 0 spiro atoms. The van der Waals surface area contributed by atoms with Crippen LogP contribution in [0.4, 0.5) is 11.8 Å². The molecule has 1 aliphatic rings. The Morgan fingerprint density at radius 2 is 1.94 bits per heavy atom. The van der Waals surface area contributed by atoms with Gasteiger partial charge in [-0.05, 0) is 31.4 Å². The molecule has 3 N–H and O–H groups in total. The minimum Gasteiger partial charge on any atom is -0.370 e. The van der Waals surface area contributed by atoms with E-state index in [-0.39, 0.29) is 0 Å². The molecule has 0 bridgehead atoms. The molecule has 18 heavy (non-hydrogen) atoms. The number of nitrogens with two attached hydrogens (primary N) is 1. The van der Waals surface area contributed by atoms with Crippen LogP contribution in [0.25, 0.3) is 11.3 Å². The third-order valence-corrected chi connectivity index (χ3v) is 3.12. The van der Waals surface area contributed by atoms with Crippen molar-refractivity contribution >= 4 is 11.8 Å². The Kier molecular flexibility index (Phi) is 2.80. The van der Waals surface area contributed by atoms with E-state index in [0.717, 1.165) is 48.4 Å². The molecule has 2 aromatic heterocycles. The maximum absolute atomic E-state index is 5.79. The van der Waals surface area contributed by atoms with E-state index in [2.05, 4.69) is 20.3 Å². The Balaban J connectivity index is 2.17. The highest BCUT2D eigenvalue weighted by atomic mass is 15.1. The van der Waals surface area contributed by atoms with Crippen LogP contribution in [-0.4, -0.2) is 21.5 Å². The molecule has 3 rings (SSSR count). The smallest absolute Gasteiger partial charge is 0.222 e. The topological polar surface area (TPSA) is 76.7 Å². The molecular formula is C13H15N5. The van der Waals surface area contributed by atoms with Crippen LogP contribution in [0, 0.1) is 0 Å². The van der Waals surface area contributed by atoms with Crippen molar-refractivity contribution in [2.45, 2.75) is 19.3 Å². The molecule has 0 radical (unpaired) electrons. The molecule has 5 heteroatoms. The Labute approximate surface area is 105 Å². The fraction of sp³-hybridized carbons (Fsp3) is 0.308. The third-order valence-electron chi connectivity index (χ3n) is 3.12. The number of fused-ring (bicyclic) bond motifs is 1. The molecule has 0 saturated carbocycles. The summed E-state index contributed by atoms with van der Waals surface area (Å²) >= 11 is 0. The van der Waals surface area contributed by atoms with E-state index in [9.17, 15) is 0 Å². The third kappa shape index (κ3) is 1.99. The van der Waals surface area contributed by atoms with E-state index >= 15 is 0 Å². The van der Waals surface area contributed by atoms with E-state index in [1.165, 1.54) is 0 Å². The van der Waals surface area contributed by atoms with E-state index in [4.69, 9.17) is 5.73 Å². The number of nitrogens with zero attached hydrogens (tertiary/aromatic N) is 3. The van der Waals surface area contributed by atoms with Crippen LogP contribution in [0.5, 0.6) is 0 Å². The van der Waals surface area contributed by atoms with Gasteiger partial charge in [0.25, 0.3) is 0 Å². The van der Waals surface area contributed by atoms with Crippen LogP contribution < -0.4 is 11.1 Å². The number of rotatable bonds is 1. The summed E-state index contributed by atoms with van der Waals surface area (Å²) in [5.41, 5.74) is 8.92. The molecule has 5 nitrogen and oxygen atoms in total. The summed E-state index contributed by atoms with van der Waals surface area (Å²) in [5, 5.41) is 3.33. The molecule has 0 unspecified atom stereocenters. The second-order valence-electron chi connectivity index (χ2n) is 4.38. The van der Waals surface area contributed by atoms with Crippen LogP contribution in [0.1, 0.15) is 18.4 Å². The first-order chi connectivity index (χ1) is 8.84. The van der Waals surface area contributed by atoms with Crippen molar-refractivity contribution in [3.63, 3.8) is 0 Å². The van der Waals surface area contributed by atoms with Gasteiger partial charge in [0.2, 0.25) is 5.95 Å². The lowest BCUT2D eigenvalue weighted by atomic mass is 10.0. The second kappa shape index (κ2) is 4.60. The molecule has 0 aromatic carbocycles. The number of nitrogens with one attached hydrogen (secondary N) is 1. The zero-order chi connectivity index (χ0) is 12.4. The van der Waals surface area contributed by atoms with Crippen LogP contribution in [0.3, 0.4) is 0 Å². The average molecular weight is 241 g/mol. The van der Waals surface area contributed by atoms with Gasteiger partial charge in [-0.25, -0.2) is 4.98 Å². The van der Waals surface area contributed by atoms with Crippen molar-refractivity contribution in [2.24, 2.45) is 0 Å². The predicted molar refractivity (Wildman–Crippen MR) is 71.1 cm³/mol. The highest BCUT2D eigenvalue weighted by Gasteiger charge is 2.16. The molecule has 0 aliphatic carbocycles. The summed E-state index contributed by atoms with van der Waals surface area (Å²) in [5.74, 6) is 1.20. The zero-order valence-corrected chi connectivity index (χ0v) is 10.1. The molecule has 3 heterocycles. The summed E-state index contributed by atoms with van der Waals surface area (Å²) in [7, 11) is 0. The van der Waals surface area contributed by atoms with E-state index in [0.29, 0.717) is 5.95 Å². The lowest BCUT2D eigenvalue weighted by Gasteiger charge is -2.12. The SMILES string of the molecule is Nc1nc2c(c(-c3ccncc3)n1)CCCCN2. The maximum atomic E-state index is 5.79. The van der Waals surface area contributed by atoms with Crippen molar-refractivity contribution < 1.29 is 0 Å². The van der Waals surface area contributed by atoms with Gasteiger partial charge in [-0.15, -0.1) is 0 Å². The number of pyridine rings is 1. The van der Waals surface area contributed by atoms with Gasteiger partial charge in [0.05, 0.1) is 5.69 Å². The van der Waals surface area contributed by atoms with Gasteiger partial charge in [-0.3, -0.25) is 4.98 Å². The summed E-state index contributed by atoms with van der Waals surface area (Å²) in [4.78, 5) is 12.7. The van der Waals surface area contributed by atoms with Crippen LogP contribution in [0.15, 0.2) is 24.5 Å². The fourth-order valence-corrected chi connectivity index (χ4v) is 2.27. The predicted octanol–water partition coefficient (Wildman–Crippen LogP) is 1.87. The molecule has 92 valence electrons. The van der Waals surface area contributed by atoms with Crippen molar-refractivity contribution in [3.8, 4) is 11.3 Å². The van der Waals surface area contributed by atoms with Gasteiger partial charge in [0.15, 0.2) is 0 Å². The molecule has 0 atom stereocenters. The zero-order valence-electron chi connectivity index (χ0n) is 10.1. The van der Waals surface area contributed by atoms with Crippen molar-refractivity contribution in [2.75, 3.05) is 17.6 Å². The van der Waals surface area contributed by atoms with Gasteiger partial charge < -0.3 is 11.1 Å². The van der Waals surface area contributed by atoms with E-state index in [1.807, 2.05) is 12.1 Å². The average Bonchev–Trinajstić information content (AvgIpc) is 2.64. The van der Waals surface area contributed by atoms with E-state index < -0.39 is 0 Å². The van der Waals surface area contributed by atoms with Gasteiger partial charge in [0.1, 0.15) is 5.82 Å². The molecule has 2 aromatic rings. The number of nitrogen functional groups attached to an aromatic ring is 1. The molecule has 0 fully saturated rings. The highest BCUT2D eigenvalue weighted by Crippen LogP contribution is 2.29. The number of aromatic nitrogens is 3. The molecule has 1 aliphatic heterocycles. The molecule has 0 saturated heterocycles. The van der Waals surface area contributed by atoms with Crippen LogP contribution in [-0.2, 0) is 6.42 Å². The first-order valence-electron chi connectivity index (χ1n) is 6.15. The Morgan fingerprint density at radius 1 is 1.11 bits per heavy atom. The Bertz CT molecular complexity index is 553. The molecular weight excluding hydrogens is 226 g/mol. The van der Waals surface area contributed by atoms with Gasteiger partial charge in [-0.2, -0.15) is 4.98 Å². The number of anilines is 2. The van der Waals surface area contributed by atoms with Crippen LogP contribution in [0.2, 0.25) is 0 Å². The Morgan fingerprint density at radius 3 is 2.78 bits per heavy atom. The summed E-state index contributed by atoms with van der Waals surface area (Å²) in [6.07, 6.45) is 6.81. The van der Waals surface area contributed by atoms with Gasteiger partial charge in [-0.1, -0.05) is 0 Å². The quantitative estimate of drug-likeness (QED) is 0.797. The van der Waals surface area contributed by atoms with Crippen molar-refractivity contribution in [1.29, 1.82) is 0 Å². The highest BCUT2D eigenvalue weighted by molar-refractivity contribution is 5.69. The van der Waals surface area contributed by atoms with Gasteiger partial charge >= 0.3 is 0 Å². The van der Waals surface area contributed by atoms with Gasteiger partial charge in [0, 0.05) is 30.1 Å². The number of hydrogen-bond donors (Lipinski definition) is 2. The monoisotopic (exact) mass is 241 g/mol. The molecule has 0 amide bonds. The summed E-state index contributed by atoms with van der Waals surface area (Å²) in [6, 6.07) is 3.90. The maximum Gasteiger partial charge on any atom is 0.222 e. The normalized spacial score (nSPS) is 14.4. The summed E-state index contributed by atoms with van der Waals surface area (Å²) < 4.78 is 0. The number of hydrogen-bond acceptors (Lipinski definition) is 5. The fourth-order valence-electron chi connectivity index (χ4n) is 2.27. The summed E-state index contributed by atoms with van der Waals surface area (Å²) in [6.45, 7) is 0.944. The van der Waals surface area contributed by atoms with E-state index in [1.54, 1.807) is 12.4 Å². The minimum atomic E-state index is 0.315. The lowest BCUT2D eigenvalue weighted by molar-refractivity contribution is 0.785. The first-order valence-corrected chi connectivity index (χ1v) is 6.15. The lowest BCUT2D eigenvalue weighted by Crippen LogP contribution is -2.07. The second-order valence-corrected chi connectivity index (χ2v) is 4.38. The first kappa shape index (κ1) is 11.0.